The molecule has 1 saturated heterocycles. The number of hydrogen-bond acceptors (Lipinski definition) is 7. The Morgan fingerprint density at radius 3 is 2.45 bits per heavy atom. The molecule has 3 N–H and O–H groups in total. The Hall–Kier alpha value is -1.11. The van der Waals surface area contributed by atoms with Gasteiger partial charge in [-0.2, -0.15) is 0 Å². The quantitative estimate of drug-likeness (QED) is 0.298. The van der Waals surface area contributed by atoms with Crippen LogP contribution in [0.4, 0.5) is 4.79 Å². The molecule has 40 heavy (non-hydrogen) atoms. The third-order valence-electron chi connectivity index (χ3n) is 12.2. The second-order valence-corrected chi connectivity index (χ2v) is 16.6. The number of carboxylic acid groups (broad SMARTS) is 1. The van der Waals surface area contributed by atoms with Crippen LogP contribution in [-0.4, -0.2) is 79.8 Å². The molecule has 4 aliphatic carbocycles. The van der Waals surface area contributed by atoms with Crippen molar-refractivity contribution in [3.05, 3.63) is 0 Å². The normalized spacial score (nSPS) is 42.5. The molecular formula is C31H51AsN2O6. The van der Waals surface area contributed by atoms with E-state index in [1.165, 1.54) is 26.2 Å². The van der Waals surface area contributed by atoms with E-state index < -0.39 is 27.3 Å². The van der Waals surface area contributed by atoms with Crippen LogP contribution < -0.4 is 5.73 Å². The summed E-state index contributed by atoms with van der Waals surface area (Å²) in [7, 11) is 0. The molecule has 1 heterocycles. The van der Waals surface area contributed by atoms with Crippen molar-refractivity contribution >= 4 is 32.4 Å². The fraction of sp³-hybridized carbons (Fsp3) is 0.903. The molecule has 0 radical (unpaired) electrons. The average molecular weight is 623 g/mol. The third kappa shape index (κ3) is 5.63. The molecule has 9 heteroatoms. The van der Waals surface area contributed by atoms with Crippen LogP contribution in [0, 0.1) is 34.5 Å². The fourth-order valence-electron chi connectivity index (χ4n) is 9.99. The van der Waals surface area contributed by atoms with E-state index >= 15 is 0 Å². The zero-order valence-electron chi connectivity index (χ0n) is 24.8. The Morgan fingerprint density at radius 2 is 1.75 bits per heavy atom. The maximum absolute atomic E-state index is 13.0. The Labute approximate surface area is 246 Å². The van der Waals surface area contributed by atoms with Gasteiger partial charge in [-0.1, -0.05) is 0 Å². The summed E-state index contributed by atoms with van der Waals surface area (Å²) in [5.41, 5.74) is 6.70. The minimum atomic E-state index is -1.03. The number of rotatable bonds is 8. The summed E-state index contributed by atoms with van der Waals surface area (Å²) < 4.78 is 11.6. The molecular weight excluding hydrogens is 571 g/mol. The van der Waals surface area contributed by atoms with E-state index in [9.17, 15) is 19.5 Å². The van der Waals surface area contributed by atoms with Crippen LogP contribution in [0.1, 0.15) is 97.8 Å². The first-order valence-corrected chi connectivity index (χ1v) is 18.4. The van der Waals surface area contributed by atoms with Gasteiger partial charge in [0, 0.05) is 0 Å². The molecule has 5 rings (SSSR count). The second kappa shape index (κ2) is 11.9. The number of nitrogens with zero attached hydrogens (tertiary/aromatic N) is 1. The molecule has 4 saturated carbocycles. The van der Waals surface area contributed by atoms with Crippen LogP contribution in [0.5, 0.6) is 0 Å². The predicted molar refractivity (Wildman–Crippen MR) is 154 cm³/mol. The zero-order chi connectivity index (χ0) is 28.7. The molecule has 0 amide bonds. The molecule has 5 aliphatic rings. The molecule has 10 atom stereocenters. The number of fused-ring (bicyclic) bond motifs is 5. The number of hydrogen-bond donors (Lipinski definition) is 2. The predicted octanol–water partition coefficient (Wildman–Crippen LogP) is 4.59. The van der Waals surface area contributed by atoms with Gasteiger partial charge in [-0.05, 0) is 0 Å². The average Bonchev–Trinajstić information content (AvgIpc) is 3.19. The number of esters is 1. The van der Waals surface area contributed by atoms with Crippen molar-refractivity contribution in [1.29, 1.82) is 0 Å². The van der Waals surface area contributed by atoms with E-state index in [0.717, 1.165) is 71.0 Å². The van der Waals surface area contributed by atoms with Crippen molar-refractivity contribution in [2.75, 3.05) is 19.6 Å². The van der Waals surface area contributed by atoms with Crippen molar-refractivity contribution in [3.63, 3.8) is 0 Å². The summed E-state index contributed by atoms with van der Waals surface area (Å²) in [6, 6.07) is 0. The van der Waals surface area contributed by atoms with Gasteiger partial charge in [-0.3, -0.25) is 4.79 Å². The van der Waals surface area contributed by atoms with Gasteiger partial charge in [0.1, 0.15) is 0 Å². The molecule has 0 spiro atoms. The molecule has 226 valence electrons. The number of piperidine rings is 1. The topological polar surface area (TPSA) is 119 Å². The Kier molecular flexibility index (Phi) is 9.01. The number of aliphatic carboxylic acids is 1. The number of carbonyl (C=O) groups is 3. The van der Waals surface area contributed by atoms with Crippen LogP contribution in [0.25, 0.3) is 0 Å². The molecule has 1 aliphatic heterocycles. The fourth-order valence-corrected chi connectivity index (χ4v) is 11.8. The first-order valence-electron chi connectivity index (χ1n) is 15.8. The maximum atomic E-state index is 13.0. The van der Waals surface area contributed by atoms with Crippen molar-refractivity contribution in [2.45, 2.75) is 121 Å². The first kappa shape index (κ1) is 30.3. The molecule has 8 nitrogen and oxygen atoms in total. The molecule has 5 fully saturated rings. The van der Waals surface area contributed by atoms with Gasteiger partial charge < -0.3 is 5.11 Å². The van der Waals surface area contributed by atoms with E-state index in [4.69, 9.17) is 15.2 Å². The summed E-state index contributed by atoms with van der Waals surface area (Å²) in [5.74, 6) is 0.120. The number of carboxylic acids is 1. The van der Waals surface area contributed by atoms with E-state index in [1.54, 1.807) is 0 Å². The van der Waals surface area contributed by atoms with Crippen molar-refractivity contribution < 1.29 is 29.0 Å². The Bertz CT molecular complexity index is 973. The van der Waals surface area contributed by atoms with Gasteiger partial charge in [-0.25, -0.2) is 0 Å². The van der Waals surface area contributed by atoms with Crippen molar-refractivity contribution in [2.24, 2.45) is 40.2 Å². The summed E-state index contributed by atoms with van der Waals surface area (Å²) in [6.45, 7) is 8.85. The van der Waals surface area contributed by atoms with Gasteiger partial charge in [0.05, 0.1) is 0 Å². The van der Waals surface area contributed by atoms with Gasteiger partial charge in [0.15, 0.2) is 0 Å². The SMILES string of the molecule is CC(=O)OC(C[AsH]C(=O)OC1CC[C@@]2(C)C(CC[C@@H]3[C@H]2CC[C@]2(C)C(C(=O)O)CC[C@@]32N)C1)CN1CCCCC1. The first-order chi connectivity index (χ1) is 19.0. The monoisotopic (exact) mass is 622 g/mol. The zero-order valence-corrected chi connectivity index (χ0v) is 26.9. The summed E-state index contributed by atoms with van der Waals surface area (Å²) in [4.78, 5) is 39.1. The number of ether oxygens (including phenoxy) is 2. The van der Waals surface area contributed by atoms with Gasteiger partial charge in [-0.15, -0.1) is 0 Å². The Morgan fingerprint density at radius 1 is 1.00 bits per heavy atom. The third-order valence-corrected chi connectivity index (χ3v) is 14.5. The Balaban J connectivity index is 1.16. The number of nitrogens with two attached hydrogens (primary N) is 1. The molecule has 0 aromatic heterocycles. The molecule has 0 aromatic carbocycles. The van der Waals surface area contributed by atoms with Crippen LogP contribution in [0.15, 0.2) is 0 Å². The van der Waals surface area contributed by atoms with E-state index in [0.29, 0.717) is 29.4 Å². The summed E-state index contributed by atoms with van der Waals surface area (Å²) in [5, 5.41) is 10.6. The van der Waals surface area contributed by atoms with E-state index in [-0.39, 0.29) is 39.7 Å². The summed E-state index contributed by atoms with van der Waals surface area (Å²) in [6.07, 6.45) is 11.8. The van der Waals surface area contributed by atoms with E-state index in [1.807, 2.05) is 0 Å². The minimum absolute atomic E-state index is 0.0243. The van der Waals surface area contributed by atoms with Gasteiger partial charge in [0.25, 0.3) is 0 Å². The summed E-state index contributed by atoms with van der Waals surface area (Å²) >= 11 is -1.03. The van der Waals surface area contributed by atoms with Gasteiger partial charge >= 0.3 is 237 Å². The second-order valence-electron chi connectivity index (χ2n) is 14.2. The standard InChI is InChI=1S/C31H51AsN2O6/c1-20(35)39-23(19-34-15-5-4-6-16-34)18-32-28(38)40-22-9-12-29(2)21(17-22)7-8-25-24(29)10-13-30(3)26(27(36)37)11-14-31(25,30)33/h21-26,32H,4-19,33H2,1-3H3,(H,36,37)/t21?,22?,23?,24-,25-,26?,29+,30-,31-/m1/s1. The molecule has 0 aromatic rings. The van der Waals surface area contributed by atoms with Crippen LogP contribution in [0.3, 0.4) is 0 Å². The van der Waals surface area contributed by atoms with Crippen molar-refractivity contribution in [3.8, 4) is 0 Å². The molecule has 5 unspecified atom stereocenters. The van der Waals surface area contributed by atoms with Crippen molar-refractivity contribution in [1.82, 2.24) is 4.90 Å². The van der Waals surface area contributed by atoms with E-state index in [2.05, 4.69) is 18.7 Å². The van der Waals surface area contributed by atoms with Gasteiger partial charge in [0.2, 0.25) is 0 Å². The molecule has 0 bridgehead atoms. The number of carbonyl (C=O) groups excluding carboxylic acids is 2. The van der Waals surface area contributed by atoms with Crippen LogP contribution in [0.2, 0.25) is 5.21 Å². The van der Waals surface area contributed by atoms with Crippen LogP contribution in [-0.2, 0) is 19.1 Å². The van der Waals surface area contributed by atoms with Crippen LogP contribution >= 0.6 is 0 Å². The number of likely N-dealkylation sites (tertiary alicyclic amines) is 1.